The van der Waals surface area contributed by atoms with E-state index in [0.717, 1.165) is 23.5 Å². The van der Waals surface area contributed by atoms with E-state index in [1.54, 1.807) is 11.3 Å². The smallest absolute Gasteiger partial charge is 0.125 e. The molecule has 84 valence electrons. The Morgan fingerprint density at radius 1 is 1.44 bits per heavy atom. The van der Waals surface area contributed by atoms with Crippen molar-refractivity contribution in [2.24, 2.45) is 5.73 Å². The third kappa shape index (κ3) is 1.61. The number of rotatable bonds is 1. The van der Waals surface area contributed by atoms with Gasteiger partial charge in [0.2, 0.25) is 0 Å². The summed E-state index contributed by atoms with van der Waals surface area (Å²) >= 11 is 3.57. The number of thiophene rings is 1. The number of hydrogen-bond acceptors (Lipinski definition) is 4. The largest absolute Gasteiger partial charge is 0.323 e. The van der Waals surface area contributed by atoms with E-state index in [4.69, 9.17) is 10.7 Å². The third-order valence-corrected chi connectivity index (χ3v) is 5.11. The van der Waals surface area contributed by atoms with Crippen molar-refractivity contribution in [2.45, 2.75) is 32.2 Å². The summed E-state index contributed by atoms with van der Waals surface area (Å²) < 4.78 is 0. The fourth-order valence-corrected chi connectivity index (χ4v) is 4.31. The molecule has 1 aliphatic rings. The minimum absolute atomic E-state index is 0.160. The first-order valence-corrected chi connectivity index (χ1v) is 7.30. The SMILES string of the molecule is Cc1cscc1-c1nc2c(s1)CCCC2N. The standard InChI is InChI=1S/C12H14N2S2/c1-7-5-15-6-8(7)12-14-11-9(13)3-2-4-10(11)16-12/h5-6,9H,2-4,13H2,1H3. The monoisotopic (exact) mass is 250 g/mol. The molecule has 0 bridgehead atoms. The van der Waals surface area contributed by atoms with Crippen LogP contribution < -0.4 is 5.73 Å². The Hall–Kier alpha value is -0.710. The third-order valence-electron chi connectivity index (χ3n) is 3.08. The molecule has 3 rings (SSSR count). The second-order valence-electron chi connectivity index (χ2n) is 4.29. The van der Waals surface area contributed by atoms with E-state index in [-0.39, 0.29) is 6.04 Å². The van der Waals surface area contributed by atoms with Gasteiger partial charge in [0.1, 0.15) is 5.01 Å². The van der Waals surface area contributed by atoms with Gasteiger partial charge in [0.05, 0.1) is 5.69 Å². The van der Waals surface area contributed by atoms with Crippen LogP contribution in [0.25, 0.3) is 10.6 Å². The Bertz CT molecular complexity index is 513. The average Bonchev–Trinajstić information content (AvgIpc) is 2.84. The van der Waals surface area contributed by atoms with Gasteiger partial charge in [-0.05, 0) is 37.1 Å². The van der Waals surface area contributed by atoms with Crippen LogP contribution in [0, 0.1) is 6.92 Å². The number of thiazole rings is 1. The molecule has 2 aromatic rings. The highest BCUT2D eigenvalue weighted by atomic mass is 32.1. The van der Waals surface area contributed by atoms with Crippen molar-refractivity contribution in [3.63, 3.8) is 0 Å². The molecule has 2 aromatic heterocycles. The van der Waals surface area contributed by atoms with Crippen LogP contribution in [0.2, 0.25) is 0 Å². The second-order valence-corrected chi connectivity index (χ2v) is 6.12. The molecule has 2 N–H and O–H groups in total. The van der Waals surface area contributed by atoms with Gasteiger partial charge in [0.25, 0.3) is 0 Å². The highest BCUT2D eigenvalue weighted by Gasteiger charge is 2.22. The lowest BCUT2D eigenvalue weighted by Crippen LogP contribution is -2.16. The van der Waals surface area contributed by atoms with Crippen LogP contribution >= 0.6 is 22.7 Å². The van der Waals surface area contributed by atoms with Crippen molar-refractivity contribution in [1.82, 2.24) is 4.98 Å². The van der Waals surface area contributed by atoms with Crippen LogP contribution in [-0.2, 0) is 6.42 Å². The molecule has 2 nitrogen and oxygen atoms in total. The molecule has 0 radical (unpaired) electrons. The van der Waals surface area contributed by atoms with E-state index < -0.39 is 0 Å². The summed E-state index contributed by atoms with van der Waals surface area (Å²) in [4.78, 5) is 6.14. The summed E-state index contributed by atoms with van der Waals surface area (Å²) in [5.74, 6) is 0. The molecule has 1 unspecified atom stereocenters. The van der Waals surface area contributed by atoms with Crippen LogP contribution in [0.1, 0.15) is 35.0 Å². The van der Waals surface area contributed by atoms with E-state index >= 15 is 0 Å². The maximum absolute atomic E-state index is 6.10. The van der Waals surface area contributed by atoms with Crippen molar-refractivity contribution in [2.75, 3.05) is 0 Å². The van der Waals surface area contributed by atoms with Crippen molar-refractivity contribution in [3.05, 3.63) is 26.9 Å². The van der Waals surface area contributed by atoms with E-state index in [1.807, 2.05) is 11.3 Å². The van der Waals surface area contributed by atoms with E-state index in [2.05, 4.69) is 17.7 Å². The molecule has 1 atom stereocenters. The molecule has 16 heavy (non-hydrogen) atoms. The minimum Gasteiger partial charge on any atom is -0.323 e. The number of fused-ring (bicyclic) bond motifs is 1. The zero-order chi connectivity index (χ0) is 11.1. The normalized spacial score (nSPS) is 19.8. The molecular formula is C12H14N2S2. The van der Waals surface area contributed by atoms with Gasteiger partial charge >= 0.3 is 0 Å². The van der Waals surface area contributed by atoms with Gasteiger partial charge < -0.3 is 5.73 Å². The minimum atomic E-state index is 0.160. The molecule has 0 fully saturated rings. The van der Waals surface area contributed by atoms with Gasteiger partial charge in [0.15, 0.2) is 0 Å². The van der Waals surface area contributed by atoms with Gasteiger partial charge in [-0.25, -0.2) is 4.98 Å². The quantitative estimate of drug-likeness (QED) is 0.841. The summed E-state index contributed by atoms with van der Waals surface area (Å²) in [6, 6.07) is 0.160. The summed E-state index contributed by atoms with van der Waals surface area (Å²) in [6.07, 6.45) is 3.45. The Balaban J connectivity index is 2.08. The zero-order valence-electron chi connectivity index (χ0n) is 9.19. The lowest BCUT2D eigenvalue weighted by molar-refractivity contribution is 0.564. The molecule has 0 spiro atoms. The molecule has 2 heterocycles. The van der Waals surface area contributed by atoms with Crippen LogP contribution in [-0.4, -0.2) is 4.98 Å². The molecule has 1 aliphatic carbocycles. The highest BCUT2D eigenvalue weighted by Crippen LogP contribution is 2.37. The van der Waals surface area contributed by atoms with E-state index in [1.165, 1.54) is 22.4 Å². The lowest BCUT2D eigenvalue weighted by atomic mass is 9.99. The summed E-state index contributed by atoms with van der Waals surface area (Å²) in [5, 5.41) is 5.52. The fraction of sp³-hybridized carbons (Fsp3) is 0.417. The summed E-state index contributed by atoms with van der Waals surface area (Å²) in [7, 11) is 0. The Morgan fingerprint density at radius 2 is 2.31 bits per heavy atom. The summed E-state index contributed by atoms with van der Waals surface area (Å²) in [6.45, 7) is 2.14. The van der Waals surface area contributed by atoms with Crippen molar-refractivity contribution < 1.29 is 0 Å². The number of hydrogen-bond donors (Lipinski definition) is 1. The van der Waals surface area contributed by atoms with E-state index in [9.17, 15) is 0 Å². The van der Waals surface area contributed by atoms with Crippen LogP contribution in [0.4, 0.5) is 0 Å². The van der Waals surface area contributed by atoms with Gasteiger partial charge in [-0.3, -0.25) is 0 Å². The molecule has 0 aliphatic heterocycles. The molecule has 0 aromatic carbocycles. The molecule has 0 saturated heterocycles. The van der Waals surface area contributed by atoms with Gasteiger partial charge in [-0.1, -0.05) is 0 Å². The number of nitrogens with zero attached hydrogens (tertiary/aromatic N) is 1. The first-order valence-electron chi connectivity index (χ1n) is 5.54. The van der Waals surface area contributed by atoms with Crippen molar-refractivity contribution in [3.8, 4) is 10.6 Å². The Morgan fingerprint density at radius 3 is 3.00 bits per heavy atom. The zero-order valence-corrected chi connectivity index (χ0v) is 10.8. The van der Waals surface area contributed by atoms with Gasteiger partial charge in [0, 0.05) is 21.9 Å². The molecule has 4 heteroatoms. The van der Waals surface area contributed by atoms with Crippen LogP contribution in [0.3, 0.4) is 0 Å². The highest BCUT2D eigenvalue weighted by molar-refractivity contribution is 7.15. The fourth-order valence-electron chi connectivity index (χ4n) is 2.15. The van der Waals surface area contributed by atoms with Crippen LogP contribution in [0.15, 0.2) is 10.8 Å². The predicted molar refractivity (Wildman–Crippen MR) is 70.0 cm³/mol. The van der Waals surface area contributed by atoms with Crippen molar-refractivity contribution >= 4 is 22.7 Å². The van der Waals surface area contributed by atoms with E-state index in [0.29, 0.717) is 0 Å². The average molecular weight is 250 g/mol. The Labute approximate surface area is 103 Å². The predicted octanol–water partition coefficient (Wildman–Crippen LogP) is 3.52. The number of nitrogens with two attached hydrogens (primary N) is 1. The maximum Gasteiger partial charge on any atom is 0.125 e. The molecular weight excluding hydrogens is 236 g/mol. The Kier molecular flexibility index (Phi) is 2.58. The molecule has 0 amide bonds. The topological polar surface area (TPSA) is 38.9 Å². The van der Waals surface area contributed by atoms with Gasteiger partial charge in [-0.2, -0.15) is 11.3 Å². The number of aryl methyl sites for hydroxylation is 2. The molecule has 0 saturated carbocycles. The van der Waals surface area contributed by atoms with Crippen molar-refractivity contribution in [1.29, 1.82) is 0 Å². The summed E-state index contributed by atoms with van der Waals surface area (Å²) in [5.41, 5.74) is 9.86. The van der Waals surface area contributed by atoms with Crippen LogP contribution in [0.5, 0.6) is 0 Å². The first-order chi connectivity index (χ1) is 7.75. The number of aromatic nitrogens is 1. The lowest BCUT2D eigenvalue weighted by Gasteiger charge is -2.15. The second kappa shape index (κ2) is 3.95. The van der Waals surface area contributed by atoms with Gasteiger partial charge in [-0.15, -0.1) is 11.3 Å². The first kappa shape index (κ1) is 10.4. The maximum atomic E-state index is 6.10.